The number of carboxylic acid groups (broad SMARTS) is 2. The smallest absolute Gasteiger partial charge is 0.550 e. The van der Waals surface area contributed by atoms with E-state index in [4.69, 9.17) is 20.1 Å². The van der Waals surface area contributed by atoms with Crippen LogP contribution >= 0.6 is 20.1 Å². The second kappa shape index (κ2) is 43.1. The first-order valence-corrected chi connectivity index (χ1v) is 15.7. The molecule has 29 heavy (non-hydrogen) atoms. The summed E-state index contributed by atoms with van der Waals surface area (Å²) in [7, 11) is 10.5. The van der Waals surface area contributed by atoms with Gasteiger partial charge in [0.1, 0.15) is 0 Å². The van der Waals surface area contributed by atoms with Gasteiger partial charge in [-0.1, -0.05) is 89.6 Å². The van der Waals surface area contributed by atoms with E-state index in [1.165, 1.54) is 36.2 Å². The van der Waals surface area contributed by atoms with Crippen LogP contribution in [-0.4, -0.2) is 40.5 Å². The molecule has 0 aromatic carbocycles. The van der Waals surface area contributed by atoms with Crippen LogP contribution < -0.4 is 10.2 Å². The third-order valence-electron chi connectivity index (χ3n) is 3.28. The Morgan fingerprint density at radius 2 is 0.862 bits per heavy atom. The summed E-state index contributed by atoms with van der Waals surface area (Å²) in [6.07, 6.45) is 11.2. The van der Waals surface area contributed by atoms with E-state index < -0.39 is 11.9 Å². The molecule has 0 saturated heterocycles. The first kappa shape index (κ1) is 40.5. The fourth-order valence-electron chi connectivity index (χ4n) is 1.75. The third-order valence-corrected chi connectivity index (χ3v) is 5.75. The summed E-state index contributed by atoms with van der Waals surface area (Å²) >= 11 is 0.509. The fraction of sp³-hybridized carbons (Fsp3) is 0.900. The molecule has 9 heteroatoms. The average molecular weight is 528 g/mol. The molecular weight excluding hydrogens is 488 g/mol. The van der Waals surface area contributed by atoms with Gasteiger partial charge in [-0.25, -0.2) is 0 Å². The predicted octanol–water partition coefficient (Wildman–Crippen LogP) is 4.76. The van der Waals surface area contributed by atoms with Crippen molar-refractivity contribution in [3.05, 3.63) is 0 Å². The standard InChI is InChI=1S/2C8H16O2.2C2H5.2Al.2ClH.Co/c2*1-2-3-4-5-6-7-8(9)10;2*1-2;;;;;/h2*2-7H2,1H3,(H,9,10);2*1H2,2H3;;;2*1H;/q;;;;2*+1;;;+2/p-4. The van der Waals surface area contributed by atoms with Gasteiger partial charge in [-0.15, -0.1) is 0 Å². The van der Waals surface area contributed by atoms with Crippen LogP contribution in [0.25, 0.3) is 0 Å². The van der Waals surface area contributed by atoms with Crippen molar-refractivity contribution < 1.29 is 36.6 Å². The van der Waals surface area contributed by atoms with Crippen molar-refractivity contribution in [3.63, 3.8) is 0 Å². The van der Waals surface area contributed by atoms with Crippen molar-refractivity contribution in [1.29, 1.82) is 0 Å². The molecule has 0 aliphatic carbocycles. The van der Waals surface area contributed by atoms with Gasteiger partial charge in [-0.2, -0.15) is 0 Å². The Kier molecular flexibility index (Phi) is 60.1. The van der Waals surface area contributed by atoms with Gasteiger partial charge in [0.2, 0.25) is 0 Å². The fourth-order valence-corrected chi connectivity index (χ4v) is 1.75. The molecule has 0 heterocycles. The number of hydrogen-bond acceptors (Lipinski definition) is 4. The van der Waals surface area contributed by atoms with Crippen molar-refractivity contribution >= 4 is 60.6 Å². The molecule has 4 nitrogen and oxygen atoms in total. The number of aliphatic carboxylic acids is 2. The summed E-state index contributed by atoms with van der Waals surface area (Å²) in [5, 5.41) is 22.2. The predicted molar refractivity (Wildman–Crippen MR) is 121 cm³/mol. The van der Waals surface area contributed by atoms with E-state index in [2.05, 4.69) is 27.7 Å². The summed E-state index contributed by atoms with van der Waals surface area (Å²) in [6.45, 7) is 8.45. The molecule has 0 fully saturated rings. The van der Waals surface area contributed by atoms with Crippen LogP contribution in [0.3, 0.4) is 0 Å². The number of unbranched alkanes of at least 4 members (excludes halogenated alkanes) is 8. The van der Waals surface area contributed by atoms with E-state index in [1.54, 1.807) is 0 Å². The largest absolute Gasteiger partial charge is 2.00 e. The quantitative estimate of drug-likeness (QED) is 0.241. The summed E-state index contributed by atoms with van der Waals surface area (Å²) < 4.78 is 0. The normalized spacial score (nSPS) is 8.48. The Morgan fingerprint density at radius 3 is 1.03 bits per heavy atom. The first-order valence-electron chi connectivity index (χ1n) is 10.6. The minimum absolute atomic E-state index is 0. The van der Waals surface area contributed by atoms with Gasteiger partial charge < -0.3 is 19.8 Å². The molecule has 0 aromatic rings. The average Bonchev–Trinajstić information content (AvgIpc) is 2.68. The molecule has 3 radical (unpaired) electrons. The maximum Gasteiger partial charge on any atom is 2.00 e. The second-order valence-electron chi connectivity index (χ2n) is 6.20. The minimum Gasteiger partial charge on any atom is -0.550 e. The van der Waals surface area contributed by atoms with Crippen LogP contribution in [0.15, 0.2) is 0 Å². The van der Waals surface area contributed by atoms with Crippen molar-refractivity contribution in [3.8, 4) is 0 Å². The van der Waals surface area contributed by atoms with Crippen molar-refractivity contribution in [2.45, 2.75) is 115 Å². The molecule has 0 aliphatic rings. The molecule has 0 aliphatic heterocycles. The summed E-state index contributed by atoms with van der Waals surface area (Å²) in [6, 6.07) is 0. The van der Waals surface area contributed by atoms with Gasteiger partial charge in [0.25, 0.3) is 0 Å². The van der Waals surface area contributed by atoms with Gasteiger partial charge in [0.15, 0.2) is 0 Å². The second-order valence-corrected chi connectivity index (χ2v) is 10.3. The van der Waals surface area contributed by atoms with E-state index in [0.29, 0.717) is 0 Å². The zero-order valence-corrected chi connectivity index (χ0v) is 23.6. The Hall–Kier alpha value is 1.09. The monoisotopic (exact) mass is 527 g/mol. The number of halogens is 2. The van der Waals surface area contributed by atoms with Crippen LogP contribution in [0.4, 0.5) is 0 Å². The number of carbonyl (C=O) groups is 2. The SMILES string of the molecule is CCCCCCCC(=O)[O-].CCCCCCCC(=O)[O-].C[CH2][Al][Cl].C[CH2][Al][Cl].[Co+2]. The maximum absolute atomic E-state index is 9.92. The molecule has 173 valence electrons. The Morgan fingerprint density at radius 1 is 0.621 bits per heavy atom. The molecular formula is C20H40Al2Cl2CoO4. The maximum atomic E-state index is 9.92. The van der Waals surface area contributed by atoms with Crippen LogP contribution in [0.1, 0.15) is 105 Å². The van der Waals surface area contributed by atoms with E-state index in [1.807, 2.05) is 0 Å². The molecule has 0 unspecified atom stereocenters. The zero-order chi connectivity index (χ0) is 22.5. The van der Waals surface area contributed by atoms with E-state index in [0.717, 1.165) is 38.5 Å². The minimum atomic E-state index is -0.920. The molecule has 0 aromatic heterocycles. The van der Waals surface area contributed by atoms with Crippen LogP contribution in [0, 0.1) is 0 Å². The first-order chi connectivity index (χ1) is 13.4. The van der Waals surface area contributed by atoms with Gasteiger partial charge >= 0.3 is 45.4 Å². The molecule has 0 N–H and O–H groups in total. The summed E-state index contributed by atoms with van der Waals surface area (Å²) in [5.41, 5.74) is 0. The van der Waals surface area contributed by atoms with Crippen LogP contribution in [0.5, 0.6) is 0 Å². The van der Waals surface area contributed by atoms with E-state index >= 15 is 0 Å². The Balaban J connectivity index is -0.0000000950. The summed E-state index contributed by atoms with van der Waals surface area (Å²) in [4.78, 5) is 19.8. The van der Waals surface area contributed by atoms with Gasteiger partial charge in [0.05, 0.1) is 0 Å². The molecule has 0 amide bonds. The number of carboxylic acids is 2. The number of hydrogen-bond donors (Lipinski definition) is 0. The van der Waals surface area contributed by atoms with Crippen LogP contribution in [0.2, 0.25) is 10.6 Å². The number of carbonyl (C=O) groups excluding carboxylic acids is 2. The van der Waals surface area contributed by atoms with Gasteiger partial charge in [-0.05, 0) is 25.7 Å². The Bertz CT molecular complexity index is 272. The number of rotatable bonds is 14. The molecule has 0 saturated carbocycles. The summed E-state index contributed by atoms with van der Waals surface area (Å²) in [5.74, 6) is -1.84. The molecule has 0 spiro atoms. The van der Waals surface area contributed by atoms with Crippen molar-refractivity contribution in [1.82, 2.24) is 0 Å². The van der Waals surface area contributed by atoms with Crippen LogP contribution in [-0.2, 0) is 26.4 Å². The van der Waals surface area contributed by atoms with Gasteiger partial charge in [-0.3, -0.25) is 20.1 Å². The Labute approximate surface area is 211 Å². The van der Waals surface area contributed by atoms with E-state index in [-0.39, 0.29) is 58.2 Å². The molecule has 0 bridgehead atoms. The van der Waals surface area contributed by atoms with E-state index in [9.17, 15) is 19.8 Å². The van der Waals surface area contributed by atoms with Crippen molar-refractivity contribution in [2.75, 3.05) is 0 Å². The third kappa shape index (κ3) is 73.1. The molecule has 0 rings (SSSR count). The molecule has 0 atom stereocenters. The topological polar surface area (TPSA) is 80.3 Å². The van der Waals surface area contributed by atoms with Gasteiger partial charge in [0, 0.05) is 11.9 Å². The zero-order valence-electron chi connectivity index (χ0n) is 18.8. The van der Waals surface area contributed by atoms with Crippen molar-refractivity contribution in [2.24, 2.45) is 0 Å².